The Balaban J connectivity index is 1.69. The highest BCUT2D eigenvalue weighted by molar-refractivity contribution is 7.91. The van der Waals surface area contributed by atoms with Gasteiger partial charge in [0.15, 0.2) is 0 Å². The molecular formula is C24H39N3O5S. The van der Waals surface area contributed by atoms with E-state index in [-0.39, 0.29) is 23.7 Å². The van der Waals surface area contributed by atoms with Gasteiger partial charge >= 0.3 is 0 Å². The zero-order chi connectivity index (χ0) is 24.4. The summed E-state index contributed by atoms with van der Waals surface area (Å²) in [6.07, 6.45) is 8.65. The molecule has 186 valence electrons. The summed E-state index contributed by atoms with van der Waals surface area (Å²) >= 11 is 0. The van der Waals surface area contributed by atoms with E-state index in [2.05, 4.69) is 30.8 Å². The maximum absolute atomic E-state index is 13.3. The lowest BCUT2D eigenvalue weighted by Gasteiger charge is -2.28. The van der Waals surface area contributed by atoms with E-state index in [1.165, 1.54) is 0 Å². The van der Waals surface area contributed by atoms with Crippen molar-refractivity contribution in [3.05, 3.63) is 12.2 Å². The molecule has 1 aliphatic heterocycles. The fraction of sp³-hybridized carbons (Fsp3) is 0.792. The molecule has 2 saturated carbocycles. The molecule has 0 radical (unpaired) electrons. The number of allylic oxidation sites excluding steroid dienone is 1. The van der Waals surface area contributed by atoms with Gasteiger partial charge in [0.1, 0.15) is 11.6 Å². The summed E-state index contributed by atoms with van der Waals surface area (Å²) in [4.78, 5) is 40.9. The smallest absolute Gasteiger partial charge is 0.259 e. The van der Waals surface area contributed by atoms with Crippen LogP contribution in [0.5, 0.6) is 0 Å². The zero-order valence-corrected chi connectivity index (χ0v) is 21.1. The van der Waals surface area contributed by atoms with Crippen molar-refractivity contribution in [3.8, 4) is 0 Å². The number of carbonyl (C=O) groups excluding carboxylic acids is 3. The topological polar surface area (TPSA) is 113 Å². The van der Waals surface area contributed by atoms with E-state index in [4.69, 9.17) is 0 Å². The van der Waals surface area contributed by atoms with Gasteiger partial charge in [-0.2, -0.15) is 0 Å². The first kappa shape index (κ1) is 25.7. The van der Waals surface area contributed by atoms with Gasteiger partial charge in [0.2, 0.25) is 21.8 Å². The average Bonchev–Trinajstić information content (AvgIpc) is 3.62. The number of nitrogens with one attached hydrogen (secondary N) is 2. The van der Waals surface area contributed by atoms with Crippen molar-refractivity contribution in [2.75, 3.05) is 6.54 Å². The molecule has 1 saturated heterocycles. The Kier molecular flexibility index (Phi) is 7.91. The lowest BCUT2D eigenvalue weighted by atomic mass is 9.95. The van der Waals surface area contributed by atoms with Crippen LogP contribution in [0.3, 0.4) is 0 Å². The minimum atomic E-state index is -3.72. The van der Waals surface area contributed by atoms with Crippen molar-refractivity contribution in [3.63, 3.8) is 0 Å². The second-order valence-electron chi connectivity index (χ2n) is 10.5. The van der Waals surface area contributed by atoms with Crippen LogP contribution < -0.4 is 10.0 Å². The first-order valence-electron chi connectivity index (χ1n) is 12.3. The predicted octanol–water partition coefficient (Wildman–Crippen LogP) is 2.50. The summed E-state index contributed by atoms with van der Waals surface area (Å²) in [5.74, 6) is -0.600. The molecule has 2 N–H and O–H groups in total. The summed E-state index contributed by atoms with van der Waals surface area (Å²) in [7, 11) is -3.72. The Bertz CT molecular complexity index is 896. The minimum Gasteiger partial charge on any atom is -0.339 e. The second-order valence-corrected chi connectivity index (χ2v) is 12.4. The molecule has 4 atom stereocenters. The van der Waals surface area contributed by atoms with Crippen LogP contribution >= 0.6 is 0 Å². The van der Waals surface area contributed by atoms with Crippen LogP contribution in [-0.2, 0) is 24.4 Å². The Morgan fingerprint density at radius 2 is 1.85 bits per heavy atom. The molecule has 8 nitrogen and oxygen atoms in total. The Labute approximate surface area is 198 Å². The highest BCUT2D eigenvalue weighted by Gasteiger charge is 2.61. The normalized spacial score (nSPS) is 28.2. The molecule has 0 spiro atoms. The van der Waals surface area contributed by atoms with Crippen LogP contribution in [0.1, 0.15) is 79.1 Å². The van der Waals surface area contributed by atoms with E-state index in [1.807, 2.05) is 19.1 Å². The Morgan fingerprint density at radius 1 is 1.15 bits per heavy atom. The molecular weight excluding hydrogens is 442 g/mol. The van der Waals surface area contributed by atoms with Gasteiger partial charge in [-0.1, -0.05) is 39.8 Å². The molecule has 2 aliphatic carbocycles. The maximum Gasteiger partial charge on any atom is 0.259 e. The van der Waals surface area contributed by atoms with Crippen molar-refractivity contribution in [1.29, 1.82) is 0 Å². The van der Waals surface area contributed by atoms with Crippen LogP contribution in [0.4, 0.5) is 0 Å². The van der Waals surface area contributed by atoms with Gasteiger partial charge in [-0.05, 0) is 56.8 Å². The molecule has 4 unspecified atom stereocenters. The fourth-order valence-corrected chi connectivity index (χ4v) is 6.27. The third kappa shape index (κ3) is 6.16. The number of rotatable bonds is 11. The number of sulfonamides is 1. The summed E-state index contributed by atoms with van der Waals surface area (Å²) in [6, 6.07) is -0.620. The second kappa shape index (κ2) is 10.2. The fourth-order valence-electron chi connectivity index (χ4n) is 4.91. The lowest BCUT2D eigenvalue weighted by molar-refractivity contribution is -0.140. The van der Waals surface area contributed by atoms with E-state index in [9.17, 15) is 22.8 Å². The number of hydrogen-bond acceptors (Lipinski definition) is 5. The summed E-state index contributed by atoms with van der Waals surface area (Å²) in [5.41, 5.74) is -1.27. The first-order valence-corrected chi connectivity index (χ1v) is 13.9. The van der Waals surface area contributed by atoms with Gasteiger partial charge in [0.05, 0.1) is 5.25 Å². The van der Waals surface area contributed by atoms with E-state index in [0.717, 1.165) is 19.3 Å². The summed E-state index contributed by atoms with van der Waals surface area (Å²) < 4.78 is 26.9. The molecule has 1 heterocycles. The molecule has 0 bridgehead atoms. The Morgan fingerprint density at radius 3 is 2.45 bits per heavy atom. The third-order valence-electron chi connectivity index (χ3n) is 6.84. The molecule has 3 amide bonds. The number of amides is 3. The maximum atomic E-state index is 13.3. The zero-order valence-electron chi connectivity index (χ0n) is 20.3. The third-order valence-corrected chi connectivity index (χ3v) is 8.66. The highest BCUT2D eigenvalue weighted by atomic mass is 32.2. The predicted molar refractivity (Wildman–Crippen MR) is 126 cm³/mol. The number of likely N-dealkylation sites (tertiary alicyclic amines) is 1. The van der Waals surface area contributed by atoms with Gasteiger partial charge in [-0.25, -0.2) is 8.42 Å². The Hall–Kier alpha value is -1.90. The minimum absolute atomic E-state index is 0.0335. The highest BCUT2D eigenvalue weighted by Crippen LogP contribution is 2.46. The van der Waals surface area contributed by atoms with Crippen molar-refractivity contribution in [1.82, 2.24) is 14.9 Å². The van der Waals surface area contributed by atoms with Crippen molar-refractivity contribution < 1.29 is 22.8 Å². The van der Waals surface area contributed by atoms with Gasteiger partial charge in [0.25, 0.3) is 5.91 Å². The molecule has 0 aromatic heterocycles. The van der Waals surface area contributed by atoms with Crippen LogP contribution in [0, 0.1) is 17.8 Å². The van der Waals surface area contributed by atoms with E-state index >= 15 is 0 Å². The molecule has 3 rings (SSSR count). The number of nitrogens with zero attached hydrogens (tertiary/aromatic N) is 1. The van der Waals surface area contributed by atoms with Gasteiger partial charge in [-0.15, -0.1) is 0 Å². The van der Waals surface area contributed by atoms with Gasteiger partial charge < -0.3 is 10.2 Å². The van der Waals surface area contributed by atoms with E-state index in [1.54, 1.807) is 4.90 Å². The monoisotopic (exact) mass is 481 g/mol. The number of carbonyl (C=O) groups is 3. The quantitative estimate of drug-likeness (QED) is 0.440. The standard InChI is InChI=1S/C24H39N3O5S/c1-5-6-8-18-15-24(18,23(30)26-33(31,32)19-10-11-19)25-22(29)20-9-7-12-27(20)21(28)14-17(4)13-16(2)3/h6,8,16-20H,5,7,9-15H2,1-4H3,(H,25,29)(H,26,30). The van der Waals surface area contributed by atoms with Crippen LogP contribution in [-0.4, -0.2) is 54.4 Å². The molecule has 0 aromatic rings. The van der Waals surface area contributed by atoms with E-state index in [0.29, 0.717) is 44.6 Å². The van der Waals surface area contributed by atoms with Crippen LogP contribution in [0.15, 0.2) is 12.2 Å². The molecule has 0 aromatic carbocycles. The van der Waals surface area contributed by atoms with Crippen LogP contribution in [0.25, 0.3) is 0 Å². The van der Waals surface area contributed by atoms with Gasteiger partial charge in [-0.3, -0.25) is 19.1 Å². The molecule has 9 heteroatoms. The summed E-state index contributed by atoms with van der Waals surface area (Å²) in [6.45, 7) is 8.80. The SMILES string of the molecule is CCC=CC1CC1(NC(=O)C1CCCN1C(=O)CC(C)CC(C)C)C(=O)NS(=O)(=O)C1CC1. The molecule has 3 aliphatic rings. The van der Waals surface area contributed by atoms with Crippen molar-refractivity contribution in [2.45, 2.75) is 95.9 Å². The molecule has 3 fully saturated rings. The van der Waals surface area contributed by atoms with Crippen molar-refractivity contribution in [2.24, 2.45) is 17.8 Å². The van der Waals surface area contributed by atoms with Crippen molar-refractivity contribution >= 4 is 27.7 Å². The first-order chi connectivity index (χ1) is 15.5. The van der Waals surface area contributed by atoms with E-state index < -0.39 is 32.8 Å². The number of hydrogen-bond donors (Lipinski definition) is 2. The van der Waals surface area contributed by atoms with Gasteiger partial charge in [0, 0.05) is 18.9 Å². The summed E-state index contributed by atoms with van der Waals surface area (Å²) in [5, 5.41) is 2.34. The average molecular weight is 482 g/mol. The molecule has 33 heavy (non-hydrogen) atoms. The van der Waals surface area contributed by atoms with Crippen LogP contribution in [0.2, 0.25) is 0 Å². The largest absolute Gasteiger partial charge is 0.339 e. The lowest BCUT2D eigenvalue weighted by Crippen LogP contribution is -2.56.